The van der Waals surface area contributed by atoms with E-state index < -0.39 is 6.10 Å². The smallest absolute Gasteiger partial charge is 0.233 e. The van der Waals surface area contributed by atoms with Gasteiger partial charge in [-0.3, -0.25) is 14.5 Å². The molecule has 5 nitrogen and oxygen atoms in total. The maximum Gasteiger partial charge on any atom is 0.233 e. The van der Waals surface area contributed by atoms with E-state index in [9.17, 15) is 9.59 Å². The first-order valence-electron chi connectivity index (χ1n) is 6.11. The standard InChI is InChI=1S/C12H20N2O3/c1-7(15)6-13-4-5-14-10(16)8-9(11(14)17)12(8,2)3/h7-9,13,15H,4-6H2,1-3H3. The van der Waals surface area contributed by atoms with Crippen LogP contribution in [-0.2, 0) is 9.59 Å². The first-order chi connectivity index (χ1) is 7.87. The molecule has 5 heteroatoms. The lowest BCUT2D eigenvalue weighted by Crippen LogP contribution is -2.41. The summed E-state index contributed by atoms with van der Waals surface area (Å²) in [5, 5.41) is 12.1. The van der Waals surface area contributed by atoms with Gasteiger partial charge in [-0.2, -0.15) is 0 Å². The highest BCUT2D eigenvalue weighted by molar-refractivity contribution is 6.10. The van der Waals surface area contributed by atoms with E-state index in [-0.39, 0.29) is 29.1 Å². The van der Waals surface area contributed by atoms with Crippen molar-refractivity contribution in [1.29, 1.82) is 0 Å². The van der Waals surface area contributed by atoms with Crippen molar-refractivity contribution in [3.05, 3.63) is 0 Å². The molecule has 1 aliphatic heterocycles. The summed E-state index contributed by atoms with van der Waals surface area (Å²) in [6, 6.07) is 0. The zero-order valence-electron chi connectivity index (χ0n) is 10.6. The lowest BCUT2D eigenvalue weighted by Gasteiger charge is -2.20. The molecule has 0 aromatic rings. The Bertz CT molecular complexity index is 328. The van der Waals surface area contributed by atoms with Gasteiger partial charge in [0.05, 0.1) is 17.9 Å². The van der Waals surface area contributed by atoms with Gasteiger partial charge in [0.15, 0.2) is 0 Å². The van der Waals surface area contributed by atoms with E-state index in [1.54, 1.807) is 6.92 Å². The second kappa shape index (κ2) is 4.07. The van der Waals surface area contributed by atoms with E-state index in [4.69, 9.17) is 5.11 Å². The van der Waals surface area contributed by atoms with Crippen LogP contribution < -0.4 is 5.32 Å². The third kappa shape index (κ3) is 1.98. The van der Waals surface area contributed by atoms with Crippen molar-refractivity contribution in [2.45, 2.75) is 26.9 Å². The van der Waals surface area contributed by atoms with Crippen LogP contribution in [0.2, 0.25) is 0 Å². The molecule has 0 spiro atoms. The van der Waals surface area contributed by atoms with Crippen LogP contribution in [0.15, 0.2) is 0 Å². The quantitative estimate of drug-likeness (QED) is 0.507. The van der Waals surface area contributed by atoms with Gasteiger partial charge in [0.1, 0.15) is 0 Å². The normalized spacial score (nSPS) is 31.6. The largest absolute Gasteiger partial charge is 0.392 e. The number of aliphatic hydroxyl groups is 1. The number of hydrogen-bond acceptors (Lipinski definition) is 4. The fraction of sp³-hybridized carbons (Fsp3) is 0.833. The third-order valence-electron chi connectivity index (χ3n) is 3.84. The number of amides is 2. The van der Waals surface area contributed by atoms with Gasteiger partial charge >= 0.3 is 0 Å². The number of imide groups is 1. The third-order valence-corrected chi connectivity index (χ3v) is 3.84. The summed E-state index contributed by atoms with van der Waals surface area (Å²) in [5.74, 6) is -0.230. The van der Waals surface area contributed by atoms with E-state index in [2.05, 4.69) is 5.32 Å². The molecular weight excluding hydrogens is 220 g/mol. The van der Waals surface area contributed by atoms with Crippen molar-refractivity contribution >= 4 is 11.8 Å². The highest BCUT2D eigenvalue weighted by atomic mass is 16.3. The minimum absolute atomic E-state index is 0.0242. The van der Waals surface area contributed by atoms with Gasteiger partial charge in [-0.05, 0) is 12.3 Å². The first kappa shape index (κ1) is 12.5. The molecule has 0 radical (unpaired) electrons. The summed E-state index contributed by atoms with van der Waals surface area (Å²) in [7, 11) is 0. The summed E-state index contributed by atoms with van der Waals surface area (Å²) >= 11 is 0. The lowest BCUT2D eigenvalue weighted by atomic mass is 10.1. The van der Waals surface area contributed by atoms with E-state index in [1.165, 1.54) is 4.90 Å². The van der Waals surface area contributed by atoms with Crippen molar-refractivity contribution < 1.29 is 14.7 Å². The molecule has 2 fully saturated rings. The highest BCUT2D eigenvalue weighted by Crippen LogP contribution is 2.63. The summed E-state index contributed by atoms with van der Waals surface area (Å²) in [4.78, 5) is 25.2. The Morgan fingerprint density at radius 3 is 2.35 bits per heavy atom. The minimum atomic E-state index is -0.410. The van der Waals surface area contributed by atoms with Crippen LogP contribution in [-0.4, -0.2) is 47.6 Å². The number of piperidine rings is 1. The number of nitrogens with one attached hydrogen (secondary N) is 1. The minimum Gasteiger partial charge on any atom is -0.392 e. The van der Waals surface area contributed by atoms with Gasteiger partial charge in [-0.15, -0.1) is 0 Å². The predicted molar refractivity (Wildman–Crippen MR) is 62.0 cm³/mol. The van der Waals surface area contributed by atoms with Crippen LogP contribution in [0.1, 0.15) is 20.8 Å². The monoisotopic (exact) mass is 240 g/mol. The molecule has 2 rings (SSSR count). The SMILES string of the molecule is CC(O)CNCCN1C(=O)C2C(C1=O)C2(C)C. The molecule has 0 aromatic heterocycles. The molecule has 2 N–H and O–H groups in total. The van der Waals surface area contributed by atoms with Gasteiger partial charge in [0.25, 0.3) is 0 Å². The number of fused-ring (bicyclic) bond motifs is 1. The van der Waals surface area contributed by atoms with Crippen LogP contribution in [0.3, 0.4) is 0 Å². The number of rotatable bonds is 5. The molecule has 1 heterocycles. The molecule has 96 valence electrons. The van der Waals surface area contributed by atoms with Crippen molar-refractivity contribution in [3.63, 3.8) is 0 Å². The molecule has 1 aliphatic carbocycles. The number of nitrogens with zero attached hydrogens (tertiary/aromatic N) is 1. The second-order valence-corrected chi connectivity index (χ2v) is 5.66. The van der Waals surface area contributed by atoms with E-state index in [0.717, 1.165) is 0 Å². The molecule has 2 aliphatic rings. The molecule has 0 bridgehead atoms. The predicted octanol–water partition coefficient (Wildman–Crippen LogP) is -0.402. The Labute approximate surface area is 101 Å². The second-order valence-electron chi connectivity index (χ2n) is 5.66. The van der Waals surface area contributed by atoms with Crippen molar-refractivity contribution in [1.82, 2.24) is 10.2 Å². The van der Waals surface area contributed by atoms with E-state index in [0.29, 0.717) is 19.6 Å². The zero-order valence-corrected chi connectivity index (χ0v) is 10.6. The maximum absolute atomic E-state index is 11.9. The van der Waals surface area contributed by atoms with Gasteiger partial charge in [0.2, 0.25) is 11.8 Å². The molecule has 2 amide bonds. The Hall–Kier alpha value is -0.940. The highest BCUT2D eigenvalue weighted by Gasteiger charge is 2.72. The molecule has 0 aromatic carbocycles. The molecule has 3 atom stereocenters. The molecule has 1 saturated carbocycles. The maximum atomic E-state index is 11.9. The van der Waals surface area contributed by atoms with Crippen molar-refractivity contribution in [2.75, 3.05) is 19.6 Å². The van der Waals surface area contributed by atoms with Crippen molar-refractivity contribution in [3.8, 4) is 0 Å². The number of aliphatic hydroxyl groups excluding tert-OH is 1. The lowest BCUT2D eigenvalue weighted by molar-refractivity contribution is -0.142. The Morgan fingerprint density at radius 2 is 1.88 bits per heavy atom. The summed E-state index contributed by atoms with van der Waals surface area (Å²) < 4.78 is 0. The van der Waals surface area contributed by atoms with Crippen LogP contribution in [0.25, 0.3) is 0 Å². The zero-order chi connectivity index (χ0) is 12.8. The van der Waals surface area contributed by atoms with Gasteiger partial charge in [-0.25, -0.2) is 0 Å². The fourth-order valence-electron chi connectivity index (χ4n) is 2.73. The van der Waals surface area contributed by atoms with Crippen LogP contribution in [0.4, 0.5) is 0 Å². The summed E-state index contributed by atoms with van der Waals surface area (Å²) in [6.45, 7) is 7.07. The van der Waals surface area contributed by atoms with Crippen LogP contribution in [0.5, 0.6) is 0 Å². The Morgan fingerprint density at radius 1 is 1.35 bits per heavy atom. The van der Waals surface area contributed by atoms with Gasteiger partial charge < -0.3 is 10.4 Å². The number of likely N-dealkylation sites (tertiary alicyclic amines) is 1. The number of carbonyl (C=O) groups is 2. The van der Waals surface area contributed by atoms with Gasteiger partial charge in [-0.1, -0.05) is 13.8 Å². The number of carbonyl (C=O) groups excluding carboxylic acids is 2. The fourth-order valence-corrected chi connectivity index (χ4v) is 2.73. The van der Waals surface area contributed by atoms with Crippen LogP contribution >= 0.6 is 0 Å². The first-order valence-corrected chi connectivity index (χ1v) is 6.11. The van der Waals surface area contributed by atoms with E-state index in [1.807, 2.05) is 13.8 Å². The van der Waals surface area contributed by atoms with Crippen molar-refractivity contribution in [2.24, 2.45) is 17.3 Å². The average molecular weight is 240 g/mol. The summed E-state index contributed by atoms with van der Waals surface area (Å²) in [5.41, 5.74) is -0.127. The Kier molecular flexibility index (Phi) is 2.99. The molecular formula is C12H20N2O3. The topological polar surface area (TPSA) is 69.6 Å². The molecule has 17 heavy (non-hydrogen) atoms. The van der Waals surface area contributed by atoms with E-state index >= 15 is 0 Å². The average Bonchev–Trinajstić information content (AvgIpc) is 2.68. The van der Waals surface area contributed by atoms with Crippen LogP contribution in [0, 0.1) is 17.3 Å². The number of hydrogen-bond donors (Lipinski definition) is 2. The molecule has 3 unspecified atom stereocenters. The van der Waals surface area contributed by atoms with Gasteiger partial charge in [0, 0.05) is 19.6 Å². The molecule has 1 saturated heterocycles. The summed E-state index contributed by atoms with van der Waals surface area (Å²) in [6.07, 6.45) is -0.410. The Balaban J connectivity index is 1.81.